The van der Waals surface area contributed by atoms with Gasteiger partial charge in [-0.3, -0.25) is 23.9 Å². The van der Waals surface area contributed by atoms with Crippen LogP contribution in [0.5, 0.6) is 0 Å². The number of hydrogen-bond donors (Lipinski definition) is 1. The van der Waals surface area contributed by atoms with E-state index < -0.39 is 6.17 Å². The van der Waals surface area contributed by atoms with Crippen molar-refractivity contribution in [3.63, 3.8) is 0 Å². The summed E-state index contributed by atoms with van der Waals surface area (Å²) >= 11 is 1.50. The van der Waals surface area contributed by atoms with Crippen LogP contribution in [-0.2, 0) is 4.79 Å². The number of carbonyl (C=O) groups excluding carboxylic acids is 2. The van der Waals surface area contributed by atoms with Gasteiger partial charge in [-0.15, -0.1) is 0 Å². The highest BCUT2D eigenvalue weighted by molar-refractivity contribution is 7.99. The Labute approximate surface area is 212 Å². The van der Waals surface area contributed by atoms with E-state index >= 15 is 0 Å². The largest absolute Gasteiger partial charge is 0.325 e. The van der Waals surface area contributed by atoms with Crippen LogP contribution in [0.15, 0.2) is 64.7 Å². The molecule has 0 saturated heterocycles. The zero-order chi connectivity index (χ0) is 25.4. The summed E-state index contributed by atoms with van der Waals surface area (Å²) in [6.07, 6.45) is 4.25. The average Bonchev–Trinajstić information content (AvgIpc) is 3.25. The van der Waals surface area contributed by atoms with Gasteiger partial charge in [0, 0.05) is 36.3 Å². The molecule has 2 aromatic carbocycles. The summed E-state index contributed by atoms with van der Waals surface area (Å²) in [5.74, 6) is 0.501. The first-order valence-corrected chi connectivity index (χ1v) is 13.1. The van der Waals surface area contributed by atoms with Gasteiger partial charge >= 0.3 is 11.3 Å². The summed E-state index contributed by atoms with van der Waals surface area (Å²) < 4.78 is 3.23. The molecular weight excluding hydrogens is 474 g/mol. The van der Waals surface area contributed by atoms with E-state index in [0.717, 1.165) is 41.5 Å². The molecule has 1 amide bonds. The number of benzene rings is 2. The highest BCUT2D eigenvalue weighted by atomic mass is 32.2. The van der Waals surface area contributed by atoms with Gasteiger partial charge in [0.25, 0.3) is 6.17 Å². The topological polar surface area (TPSA) is 91.9 Å². The van der Waals surface area contributed by atoms with Gasteiger partial charge in [-0.05, 0) is 29.3 Å². The van der Waals surface area contributed by atoms with Crippen LogP contribution in [0.4, 0.5) is 5.69 Å². The maximum Gasteiger partial charge on any atom is 0.325 e. The van der Waals surface area contributed by atoms with E-state index in [1.165, 1.54) is 25.6 Å². The van der Waals surface area contributed by atoms with Crippen molar-refractivity contribution in [2.75, 3.05) is 10.7 Å². The van der Waals surface area contributed by atoms with Crippen molar-refractivity contribution in [2.24, 2.45) is 0 Å². The van der Waals surface area contributed by atoms with Crippen molar-refractivity contribution in [3.8, 4) is 11.3 Å². The number of amides is 1. The second-order valence-electron chi connectivity index (χ2n) is 8.88. The Morgan fingerprint density at radius 1 is 1.06 bits per heavy atom. The Kier molecular flexibility index (Phi) is 6.49. The predicted molar refractivity (Wildman–Crippen MR) is 140 cm³/mol. The lowest BCUT2D eigenvalue weighted by molar-refractivity contribution is -0.762. The van der Waals surface area contributed by atoms with E-state index in [4.69, 9.17) is 5.10 Å². The number of nitrogens with one attached hydrogen (secondary N) is 1. The van der Waals surface area contributed by atoms with E-state index in [0.29, 0.717) is 22.1 Å². The number of thioether (sulfide) groups is 1. The second kappa shape index (κ2) is 9.73. The van der Waals surface area contributed by atoms with Crippen molar-refractivity contribution in [3.05, 3.63) is 70.6 Å². The lowest BCUT2D eigenvalue weighted by Gasteiger charge is -2.31. The number of rotatable bonds is 6. The molecule has 0 spiro atoms. The summed E-state index contributed by atoms with van der Waals surface area (Å²) in [5.41, 5.74) is 2.84. The molecule has 8 nitrogen and oxygen atoms in total. The molecule has 1 N–H and O–H groups in total. The number of fused-ring (bicyclic) bond motifs is 4. The quantitative estimate of drug-likeness (QED) is 0.238. The monoisotopic (exact) mass is 502 g/mol. The van der Waals surface area contributed by atoms with Crippen LogP contribution in [0.1, 0.15) is 56.6 Å². The summed E-state index contributed by atoms with van der Waals surface area (Å²) in [5, 5.41) is 6.18. The summed E-state index contributed by atoms with van der Waals surface area (Å²) in [4.78, 5) is 43.7. The molecule has 3 heterocycles. The van der Waals surface area contributed by atoms with Crippen molar-refractivity contribution in [2.45, 2.75) is 51.4 Å². The van der Waals surface area contributed by atoms with Crippen molar-refractivity contribution in [1.29, 1.82) is 0 Å². The number of anilines is 1. The number of unbranched alkanes of at least 4 members (excludes halogenated alkanes) is 2. The number of H-pyrrole nitrogens is 1. The molecule has 4 aromatic rings. The minimum atomic E-state index is -0.741. The Morgan fingerprint density at radius 2 is 1.81 bits per heavy atom. The third-order valence-corrected chi connectivity index (χ3v) is 7.39. The van der Waals surface area contributed by atoms with Crippen LogP contribution in [0.3, 0.4) is 0 Å². The lowest BCUT2D eigenvalue weighted by atomic mass is 10.0. The summed E-state index contributed by atoms with van der Waals surface area (Å²) in [7, 11) is 0. The minimum Gasteiger partial charge on any atom is -0.291 e. The first-order chi connectivity index (χ1) is 17.4. The third kappa shape index (κ3) is 4.03. The molecule has 184 valence electrons. The fourth-order valence-electron chi connectivity index (χ4n) is 4.85. The lowest BCUT2D eigenvalue weighted by Crippen LogP contribution is -2.60. The second-order valence-corrected chi connectivity index (χ2v) is 9.96. The van der Waals surface area contributed by atoms with Gasteiger partial charge in [0.1, 0.15) is 0 Å². The molecule has 1 aliphatic rings. The molecule has 2 aromatic heterocycles. The van der Waals surface area contributed by atoms with E-state index in [2.05, 4.69) is 11.9 Å². The molecule has 0 fully saturated rings. The van der Waals surface area contributed by atoms with Gasteiger partial charge in [-0.1, -0.05) is 61.9 Å². The Hall–Kier alpha value is -3.72. The number of aromatic nitrogens is 4. The van der Waals surface area contributed by atoms with Gasteiger partial charge in [0.15, 0.2) is 0 Å². The van der Waals surface area contributed by atoms with E-state index in [1.54, 1.807) is 20.3 Å². The van der Waals surface area contributed by atoms with E-state index in [1.807, 2.05) is 48.5 Å². The van der Waals surface area contributed by atoms with Crippen LogP contribution < -0.4 is 15.1 Å². The molecule has 0 unspecified atom stereocenters. The average molecular weight is 503 g/mol. The molecule has 0 aliphatic carbocycles. The highest BCUT2D eigenvalue weighted by Gasteiger charge is 2.46. The van der Waals surface area contributed by atoms with Crippen LogP contribution in [0.25, 0.3) is 22.2 Å². The van der Waals surface area contributed by atoms with Gasteiger partial charge in [0.05, 0.1) is 22.3 Å². The zero-order valence-corrected chi connectivity index (χ0v) is 21.3. The van der Waals surface area contributed by atoms with E-state index in [9.17, 15) is 14.4 Å². The maximum absolute atomic E-state index is 13.5. The summed E-state index contributed by atoms with van der Waals surface area (Å²) in [6, 6.07) is 14.9. The number of nitrogens with zero attached hydrogens (tertiary/aromatic N) is 4. The van der Waals surface area contributed by atoms with Crippen LogP contribution in [0, 0.1) is 0 Å². The molecule has 1 atom stereocenters. The number of aromatic amines is 1. The molecule has 9 heteroatoms. The zero-order valence-electron chi connectivity index (χ0n) is 20.5. The standard InChI is InChI=1S/C27H27N5O3S/c1-4-5-10-15-36-27-28-25(35)24-20-12-7-9-14-23(20)31(18(3)34)26(32(24)29-27)21-16-30(17(2)33)22-13-8-6-11-19(21)22/h6-9,11-14,16,26H,4-5,10,15H2,1-3H3/p+1/t26-/m1/s1. The smallest absolute Gasteiger partial charge is 0.291 e. The summed E-state index contributed by atoms with van der Waals surface area (Å²) in [6.45, 7) is 5.16. The highest BCUT2D eigenvalue weighted by Crippen LogP contribution is 2.39. The van der Waals surface area contributed by atoms with Crippen molar-refractivity contribution >= 4 is 40.2 Å². The number of hydrogen-bond acceptors (Lipinski definition) is 5. The predicted octanol–water partition coefficient (Wildman–Crippen LogP) is 4.53. The molecule has 0 saturated carbocycles. The molecule has 0 bridgehead atoms. The normalized spacial score (nSPS) is 14.5. The van der Waals surface area contributed by atoms with Gasteiger partial charge in [-0.25, -0.2) is 4.90 Å². The van der Waals surface area contributed by atoms with Gasteiger partial charge in [-0.2, -0.15) is 0 Å². The van der Waals surface area contributed by atoms with Crippen molar-refractivity contribution in [1.82, 2.24) is 14.6 Å². The number of carbonyl (C=O) groups is 2. The number of para-hydroxylation sites is 2. The Morgan fingerprint density at radius 3 is 2.56 bits per heavy atom. The Bertz CT molecular complexity index is 1540. The van der Waals surface area contributed by atoms with Crippen LogP contribution >= 0.6 is 11.8 Å². The minimum absolute atomic E-state index is 0.140. The molecule has 5 rings (SSSR count). The fraction of sp³-hybridized carbons (Fsp3) is 0.296. The third-order valence-electron chi connectivity index (χ3n) is 6.44. The van der Waals surface area contributed by atoms with Crippen molar-refractivity contribution < 1.29 is 14.3 Å². The van der Waals surface area contributed by atoms with Crippen LogP contribution in [-0.4, -0.2) is 32.2 Å². The van der Waals surface area contributed by atoms with Crippen LogP contribution in [0.2, 0.25) is 0 Å². The molecular formula is C27H28N5O3S+. The first kappa shape index (κ1) is 24.0. The fourth-order valence-corrected chi connectivity index (χ4v) is 5.70. The SMILES string of the molecule is CCCCCSc1n[n+]2c(c(=O)[nH]1)-c1ccccc1N(C(C)=O)[C@H]2c1cn(C(C)=O)c2ccccc12. The van der Waals surface area contributed by atoms with E-state index in [-0.39, 0.29) is 17.4 Å². The molecule has 36 heavy (non-hydrogen) atoms. The molecule has 0 radical (unpaired) electrons. The Balaban J connectivity index is 1.78. The maximum atomic E-state index is 13.5. The van der Waals surface area contributed by atoms with Gasteiger partial charge in [0.2, 0.25) is 17.0 Å². The first-order valence-electron chi connectivity index (χ1n) is 12.1. The molecule has 1 aliphatic heterocycles. The van der Waals surface area contributed by atoms with Gasteiger partial charge < -0.3 is 0 Å².